The Morgan fingerprint density at radius 2 is 1.84 bits per heavy atom. The number of amides is 1. The minimum Gasteiger partial charge on any atom is -0.495 e. The number of anilines is 2. The van der Waals surface area contributed by atoms with E-state index in [2.05, 4.69) is 5.32 Å². The summed E-state index contributed by atoms with van der Waals surface area (Å²) in [7, 11) is -2.10. The van der Waals surface area contributed by atoms with Crippen LogP contribution in [0.15, 0.2) is 42.5 Å². The summed E-state index contributed by atoms with van der Waals surface area (Å²) in [5.41, 5.74) is 2.71. The lowest BCUT2D eigenvalue weighted by Crippen LogP contribution is -2.37. The van der Waals surface area contributed by atoms with Crippen molar-refractivity contribution in [2.45, 2.75) is 13.8 Å². The first-order valence-corrected chi connectivity index (χ1v) is 9.55. The number of para-hydroxylation sites is 1. The van der Waals surface area contributed by atoms with E-state index in [1.165, 1.54) is 7.11 Å². The van der Waals surface area contributed by atoms with Crippen molar-refractivity contribution in [3.8, 4) is 5.75 Å². The maximum Gasteiger partial charge on any atom is 0.245 e. The normalized spacial score (nSPS) is 11.0. The van der Waals surface area contributed by atoms with Gasteiger partial charge in [-0.1, -0.05) is 24.3 Å². The Kier molecular flexibility index (Phi) is 5.69. The molecule has 2 aromatic rings. The van der Waals surface area contributed by atoms with Gasteiger partial charge in [0.15, 0.2) is 0 Å². The molecule has 0 spiro atoms. The lowest BCUT2D eigenvalue weighted by molar-refractivity contribution is -0.114. The predicted molar refractivity (Wildman–Crippen MR) is 99.7 cm³/mol. The molecule has 0 fully saturated rings. The third-order valence-electron chi connectivity index (χ3n) is 3.70. The predicted octanol–water partition coefficient (Wildman–Crippen LogP) is 2.72. The second-order valence-electron chi connectivity index (χ2n) is 5.81. The largest absolute Gasteiger partial charge is 0.495 e. The van der Waals surface area contributed by atoms with Gasteiger partial charge in [0.2, 0.25) is 15.9 Å². The quantitative estimate of drug-likeness (QED) is 0.857. The van der Waals surface area contributed by atoms with Crippen LogP contribution in [0.4, 0.5) is 11.4 Å². The highest BCUT2D eigenvalue weighted by Gasteiger charge is 2.22. The monoisotopic (exact) mass is 362 g/mol. The molecule has 0 heterocycles. The Bertz CT molecular complexity index is 878. The average Bonchev–Trinajstić information content (AvgIpc) is 2.53. The molecule has 2 rings (SSSR count). The van der Waals surface area contributed by atoms with Crippen LogP contribution in [0.5, 0.6) is 5.75 Å². The van der Waals surface area contributed by atoms with Crippen LogP contribution in [0, 0.1) is 13.8 Å². The van der Waals surface area contributed by atoms with E-state index >= 15 is 0 Å². The molecule has 0 atom stereocenters. The van der Waals surface area contributed by atoms with E-state index in [-0.39, 0.29) is 6.54 Å². The first-order chi connectivity index (χ1) is 11.7. The van der Waals surface area contributed by atoms with Crippen LogP contribution >= 0.6 is 0 Å². The summed E-state index contributed by atoms with van der Waals surface area (Å²) in [5, 5.41) is 2.72. The molecule has 0 saturated heterocycles. The van der Waals surface area contributed by atoms with Gasteiger partial charge in [-0.15, -0.1) is 0 Å². The van der Waals surface area contributed by atoms with Gasteiger partial charge in [-0.3, -0.25) is 9.10 Å². The number of benzene rings is 2. The number of nitrogens with zero attached hydrogens (tertiary/aromatic N) is 1. The van der Waals surface area contributed by atoms with E-state index in [4.69, 9.17) is 4.74 Å². The molecule has 25 heavy (non-hydrogen) atoms. The van der Waals surface area contributed by atoms with Gasteiger partial charge in [0.1, 0.15) is 12.3 Å². The Labute approximate surface area is 148 Å². The van der Waals surface area contributed by atoms with Crippen molar-refractivity contribution in [3.05, 3.63) is 53.6 Å². The smallest absolute Gasteiger partial charge is 0.245 e. The van der Waals surface area contributed by atoms with E-state index in [0.717, 1.165) is 21.7 Å². The van der Waals surface area contributed by atoms with Crippen molar-refractivity contribution in [2.24, 2.45) is 0 Å². The SMILES string of the molecule is COc1ccc(C)cc1NC(=O)CN(c1ccccc1C)S(C)(=O)=O. The standard InChI is InChI=1S/C18H22N2O4S/c1-13-9-10-17(24-3)15(11-13)19-18(21)12-20(25(4,22)23)16-8-6-5-7-14(16)2/h5-11H,12H2,1-4H3,(H,19,21). The van der Waals surface area contributed by atoms with Crippen molar-refractivity contribution >= 4 is 27.3 Å². The third kappa shape index (κ3) is 4.73. The van der Waals surface area contributed by atoms with Crippen molar-refractivity contribution in [3.63, 3.8) is 0 Å². The zero-order valence-electron chi connectivity index (χ0n) is 14.7. The number of rotatable bonds is 6. The average molecular weight is 362 g/mol. The van der Waals surface area contributed by atoms with Crippen molar-refractivity contribution in [2.75, 3.05) is 29.5 Å². The second kappa shape index (κ2) is 7.57. The van der Waals surface area contributed by atoms with Crippen LogP contribution in [-0.2, 0) is 14.8 Å². The molecule has 1 amide bonds. The number of hydrogen-bond acceptors (Lipinski definition) is 4. The highest BCUT2D eigenvalue weighted by atomic mass is 32.2. The first-order valence-electron chi connectivity index (χ1n) is 7.70. The molecule has 0 radical (unpaired) electrons. The van der Waals surface area contributed by atoms with Gasteiger partial charge in [-0.05, 0) is 43.2 Å². The summed E-state index contributed by atoms with van der Waals surface area (Å²) < 4.78 is 30.7. The van der Waals surface area contributed by atoms with Gasteiger partial charge in [0, 0.05) is 0 Å². The summed E-state index contributed by atoms with van der Waals surface area (Å²) >= 11 is 0. The van der Waals surface area contributed by atoms with Gasteiger partial charge >= 0.3 is 0 Å². The van der Waals surface area contributed by atoms with E-state index < -0.39 is 15.9 Å². The summed E-state index contributed by atoms with van der Waals surface area (Å²) in [5.74, 6) is 0.0679. The van der Waals surface area contributed by atoms with E-state index in [1.54, 1.807) is 37.3 Å². The van der Waals surface area contributed by atoms with Crippen LogP contribution in [-0.4, -0.2) is 34.2 Å². The highest BCUT2D eigenvalue weighted by molar-refractivity contribution is 7.92. The third-order valence-corrected chi connectivity index (χ3v) is 4.83. The molecule has 0 saturated carbocycles. The molecule has 0 aromatic heterocycles. The van der Waals surface area contributed by atoms with Crippen LogP contribution < -0.4 is 14.4 Å². The Balaban J connectivity index is 2.27. The summed E-state index contributed by atoms with van der Waals surface area (Å²) in [4.78, 5) is 12.5. The molecule has 7 heteroatoms. The molecule has 0 bridgehead atoms. The Morgan fingerprint density at radius 1 is 1.16 bits per heavy atom. The molecule has 1 N–H and O–H groups in total. The van der Waals surface area contributed by atoms with Gasteiger partial charge in [0.05, 0.1) is 24.7 Å². The van der Waals surface area contributed by atoms with E-state index in [9.17, 15) is 13.2 Å². The van der Waals surface area contributed by atoms with Crippen molar-refractivity contribution < 1.29 is 17.9 Å². The Morgan fingerprint density at radius 3 is 2.44 bits per heavy atom. The van der Waals surface area contributed by atoms with Crippen LogP contribution in [0.1, 0.15) is 11.1 Å². The van der Waals surface area contributed by atoms with Crippen LogP contribution in [0.25, 0.3) is 0 Å². The minimum absolute atomic E-state index is 0.319. The number of sulfonamides is 1. The maximum absolute atomic E-state index is 12.5. The Hall–Kier alpha value is -2.54. The van der Waals surface area contributed by atoms with Gasteiger partial charge < -0.3 is 10.1 Å². The molecular formula is C18H22N2O4S. The van der Waals surface area contributed by atoms with Crippen molar-refractivity contribution in [1.29, 1.82) is 0 Å². The number of carbonyl (C=O) groups excluding carboxylic acids is 1. The fraction of sp³-hybridized carbons (Fsp3) is 0.278. The number of ether oxygens (including phenoxy) is 1. The zero-order valence-corrected chi connectivity index (χ0v) is 15.6. The lowest BCUT2D eigenvalue weighted by Gasteiger charge is -2.23. The van der Waals surface area contributed by atoms with Crippen LogP contribution in [0.3, 0.4) is 0 Å². The fourth-order valence-electron chi connectivity index (χ4n) is 2.46. The summed E-state index contributed by atoms with van der Waals surface area (Å²) in [6.45, 7) is 3.38. The topological polar surface area (TPSA) is 75.7 Å². The van der Waals surface area contributed by atoms with Gasteiger partial charge in [-0.2, -0.15) is 0 Å². The number of methoxy groups -OCH3 is 1. The lowest BCUT2D eigenvalue weighted by atomic mass is 10.2. The molecule has 0 unspecified atom stereocenters. The number of hydrogen-bond donors (Lipinski definition) is 1. The highest BCUT2D eigenvalue weighted by Crippen LogP contribution is 2.26. The molecule has 0 aliphatic carbocycles. The fourth-order valence-corrected chi connectivity index (χ4v) is 3.38. The van der Waals surface area contributed by atoms with E-state index in [0.29, 0.717) is 17.1 Å². The molecule has 6 nitrogen and oxygen atoms in total. The minimum atomic E-state index is -3.61. The van der Waals surface area contributed by atoms with Crippen LogP contribution in [0.2, 0.25) is 0 Å². The van der Waals surface area contributed by atoms with Gasteiger partial charge in [-0.25, -0.2) is 8.42 Å². The second-order valence-corrected chi connectivity index (χ2v) is 7.71. The zero-order chi connectivity index (χ0) is 18.6. The molecule has 134 valence electrons. The van der Waals surface area contributed by atoms with Gasteiger partial charge in [0.25, 0.3) is 0 Å². The summed E-state index contributed by atoms with van der Waals surface area (Å²) in [6.07, 6.45) is 1.08. The molecular weight excluding hydrogens is 340 g/mol. The maximum atomic E-state index is 12.5. The number of carbonyl (C=O) groups is 1. The number of aryl methyl sites for hydroxylation is 2. The number of nitrogens with one attached hydrogen (secondary N) is 1. The summed E-state index contributed by atoms with van der Waals surface area (Å²) in [6, 6.07) is 12.4. The molecule has 0 aliphatic heterocycles. The molecule has 2 aromatic carbocycles. The van der Waals surface area contributed by atoms with Crippen molar-refractivity contribution in [1.82, 2.24) is 0 Å². The molecule has 0 aliphatic rings. The first kappa shape index (κ1) is 18.8. The van der Waals surface area contributed by atoms with E-state index in [1.807, 2.05) is 19.1 Å².